The molecule has 1 heterocycles. The molecule has 4 heteroatoms. The van der Waals surface area contributed by atoms with Crippen molar-refractivity contribution in [2.45, 2.75) is 108 Å². The standard InChI is InChI=1S/C24H39N3O/c1-2-3-4-5-6-7-8-10-19-26-23-14-12-15-24(20-23,17-16-23)27-22(28)21-13-9-11-18-25-21/h9,11,13,18,26H,2-8,10,12,14-17,19-20H2,1H3,(H,27,28). The zero-order valence-corrected chi connectivity index (χ0v) is 17.8. The highest BCUT2D eigenvalue weighted by atomic mass is 16.2. The number of fused-ring (bicyclic) bond motifs is 2. The predicted molar refractivity (Wildman–Crippen MR) is 115 cm³/mol. The molecular weight excluding hydrogens is 346 g/mol. The first-order valence-electron chi connectivity index (χ1n) is 11.7. The second-order valence-corrected chi connectivity index (χ2v) is 9.16. The number of unbranched alkanes of at least 4 members (excludes halogenated alkanes) is 7. The van der Waals surface area contributed by atoms with Crippen molar-refractivity contribution in [2.24, 2.45) is 0 Å². The van der Waals surface area contributed by atoms with Gasteiger partial charge < -0.3 is 10.6 Å². The van der Waals surface area contributed by atoms with Crippen LogP contribution in [-0.4, -0.2) is 28.5 Å². The monoisotopic (exact) mass is 385 g/mol. The second-order valence-electron chi connectivity index (χ2n) is 9.16. The number of hydrogen-bond donors (Lipinski definition) is 2. The molecule has 2 N–H and O–H groups in total. The lowest BCUT2D eigenvalue weighted by atomic mass is 9.78. The zero-order valence-electron chi connectivity index (χ0n) is 17.8. The number of amides is 1. The summed E-state index contributed by atoms with van der Waals surface area (Å²) in [5, 5.41) is 7.27. The minimum absolute atomic E-state index is 0.0126. The van der Waals surface area contributed by atoms with Gasteiger partial charge >= 0.3 is 0 Å². The number of carbonyl (C=O) groups excluding carboxylic acids is 1. The molecule has 3 rings (SSSR count). The molecule has 0 radical (unpaired) electrons. The van der Waals surface area contributed by atoms with Crippen LogP contribution < -0.4 is 10.6 Å². The number of pyridine rings is 1. The minimum atomic E-state index is -0.0286. The van der Waals surface area contributed by atoms with Crippen molar-refractivity contribution in [2.75, 3.05) is 6.54 Å². The summed E-state index contributed by atoms with van der Waals surface area (Å²) in [7, 11) is 0. The van der Waals surface area contributed by atoms with E-state index in [1.54, 1.807) is 12.3 Å². The van der Waals surface area contributed by atoms with Crippen molar-refractivity contribution in [3.05, 3.63) is 30.1 Å². The number of hydrogen-bond acceptors (Lipinski definition) is 3. The molecule has 156 valence electrons. The van der Waals surface area contributed by atoms with Crippen molar-refractivity contribution in [3.63, 3.8) is 0 Å². The van der Waals surface area contributed by atoms with E-state index in [0.717, 1.165) is 25.8 Å². The van der Waals surface area contributed by atoms with Gasteiger partial charge in [0.25, 0.3) is 5.91 Å². The van der Waals surface area contributed by atoms with Crippen molar-refractivity contribution >= 4 is 5.91 Å². The van der Waals surface area contributed by atoms with Gasteiger partial charge in [0.2, 0.25) is 0 Å². The number of nitrogens with zero attached hydrogens (tertiary/aromatic N) is 1. The molecule has 1 aromatic heterocycles. The van der Waals surface area contributed by atoms with Crippen LogP contribution in [0.15, 0.2) is 24.4 Å². The summed E-state index contributed by atoms with van der Waals surface area (Å²) in [5.74, 6) is -0.0126. The Morgan fingerprint density at radius 2 is 1.68 bits per heavy atom. The van der Waals surface area contributed by atoms with Crippen molar-refractivity contribution in [1.29, 1.82) is 0 Å². The summed E-state index contributed by atoms with van der Waals surface area (Å²) in [6.45, 7) is 3.40. The van der Waals surface area contributed by atoms with E-state index in [1.807, 2.05) is 12.1 Å². The van der Waals surface area contributed by atoms with Crippen LogP contribution in [0.4, 0.5) is 0 Å². The number of nitrogens with one attached hydrogen (secondary N) is 2. The lowest BCUT2D eigenvalue weighted by Gasteiger charge is -2.40. The predicted octanol–water partition coefficient (Wildman–Crippen LogP) is 5.39. The molecule has 0 spiro atoms. The summed E-state index contributed by atoms with van der Waals surface area (Å²) in [4.78, 5) is 16.8. The fourth-order valence-electron chi connectivity index (χ4n) is 5.32. The van der Waals surface area contributed by atoms with Gasteiger partial charge in [0.15, 0.2) is 0 Å². The molecular formula is C24H39N3O. The Hall–Kier alpha value is -1.42. The summed E-state index contributed by atoms with van der Waals surface area (Å²) in [6, 6.07) is 5.54. The summed E-state index contributed by atoms with van der Waals surface area (Å²) in [5.41, 5.74) is 0.752. The van der Waals surface area contributed by atoms with E-state index in [4.69, 9.17) is 0 Å². The Morgan fingerprint density at radius 1 is 0.964 bits per heavy atom. The fourth-order valence-corrected chi connectivity index (χ4v) is 5.32. The van der Waals surface area contributed by atoms with Crippen LogP contribution in [0.5, 0.6) is 0 Å². The van der Waals surface area contributed by atoms with Gasteiger partial charge in [0.05, 0.1) is 0 Å². The Balaban J connectivity index is 1.39. The van der Waals surface area contributed by atoms with Crippen molar-refractivity contribution < 1.29 is 4.79 Å². The number of rotatable bonds is 12. The van der Waals surface area contributed by atoms with Crippen molar-refractivity contribution in [1.82, 2.24) is 15.6 Å². The third kappa shape index (κ3) is 5.79. The maximum atomic E-state index is 12.6. The molecule has 2 aliphatic carbocycles. The van der Waals surface area contributed by atoms with Gasteiger partial charge in [0.1, 0.15) is 5.69 Å². The smallest absolute Gasteiger partial charge is 0.270 e. The van der Waals surface area contributed by atoms with Gasteiger partial charge in [-0.2, -0.15) is 0 Å². The SMILES string of the molecule is CCCCCCCCCCNC12CCCC(NC(=O)c3ccccn3)(CC1)C2. The van der Waals surface area contributed by atoms with Crippen LogP contribution in [0.2, 0.25) is 0 Å². The van der Waals surface area contributed by atoms with Crippen LogP contribution in [0.25, 0.3) is 0 Å². The normalized spacial score (nSPS) is 26.3. The van der Waals surface area contributed by atoms with Crippen LogP contribution in [-0.2, 0) is 0 Å². The Morgan fingerprint density at radius 3 is 2.43 bits per heavy atom. The lowest BCUT2D eigenvalue weighted by Crippen LogP contribution is -2.54. The third-order valence-corrected chi connectivity index (χ3v) is 6.88. The fraction of sp³-hybridized carbons (Fsp3) is 0.750. The highest BCUT2D eigenvalue weighted by Gasteiger charge is 2.51. The first kappa shape index (κ1) is 21.3. The summed E-state index contributed by atoms with van der Waals surface area (Å²) in [6.07, 6.45) is 19.5. The van der Waals surface area contributed by atoms with Crippen molar-refractivity contribution in [3.8, 4) is 0 Å². The van der Waals surface area contributed by atoms with Crippen LogP contribution in [0, 0.1) is 0 Å². The first-order chi connectivity index (χ1) is 13.7. The molecule has 2 aliphatic rings. The maximum Gasteiger partial charge on any atom is 0.270 e. The van der Waals surface area contributed by atoms with E-state index in [9.17, 15) is 4.79 Å². The van der Waals surface area contributed by atoms with E-state index in [0.29, 0.717) is 5.69 Å². The largest absolute Gasteiger partial charge is 0.345 e. The highest BCUT2D eigenvalue weighted by Crippen LogP contribution is 2.48. The molecule has 0 aliphatic heterocycles. The van der Waals surface area contributed by atoms with E-state index in [1.165, 1.54) is 70.6 Å². The molecule has 2 bridgehead atoms. The maximum absolute atomic E-state index is 12.6. The molecule has 1 amide bonds. The highest BCUT2D eigenvalue weighted by molar-refractivity contribution is 5.92. The summed E-state index contributed by atoms with van der Waals surface area (Å²) < 4.78 is 0. The van der Waals surface area contributed by atoms with Gasteiger partial charge in [-0.05, 0) is 63.6 Å². The molecule has 1 aromatic rings. The van der Waals surface area contributed by atoms with Gasteiger partial charge in [-0.3, -0.25) is 9.78 Å². The van der Waals surface area contributed by atoms with Gasteiger partial charge in [-0.25, -0.2) is 0 Å². The Labute approximate surface area is 171 Å². The van der Waals surface area contributed by atoms with Crippen LogP contribution in [0.3, 0.4) is 0 Å². The average Bonchev–Trinajstić information content (AvgIpc) is 2.97. The third-order valence-electron chi connectivity index (χ3n) is 6.88. The number of aromatic nitrogens is 1. The molecule has 0 saturated heterocycles. The first-order valence-corrected chi connectivity index (χ1v) is 11.7. The van der Waals surface area contributed by atoms with E-state index in [2.05, 4.69) is 22.5 Å². The molecule has 2 atom stereocenters. The van der Waals surface area contributed by atoms with Crippen LogP contribution >= 0.6 is 0 Å². The molecule has 4 nitrogen and oxygen atoms in total. The quantitative estimate of drug-likeness (QED) is 0.475. The van der Waals surface area contributed by atoms with E-state index < -0.39 is 0 Å². The van der Waals surface area contributed by atoms with Gasteiger partial charge in [0, 0.05) is 17.3 Å². The zero-order chi connectivity index (χ0) is 19.7. The molecule has 2 saturated carbocycles. The molecule has 0 aromatic carbocycles. The Kier molecular flexibility index (Phi) is 7.90. The second kappa shape index (κ2) is 10.4. The van der Waals surface area contributed by atoms with Gasteiger partial charge in [-0.15, -0.1) is 0 Å². The molecule has 2 fully saturated rings. The average molecular weight is 386 g/mol. The molecule has 2 unspecified atom stereocenters. The van der Waals surface area contributed by atoms with Gasteiger partial charge in [-0.1, -0.05) is 57.9 Å². The van der Waals surface area contributed by atoms with Crippen LogP contribution in [0.1, 0.15) is 107 Å². The topological polar surface area (TPSA) is 54.0 Å². The van der Waals surface area contributed by atoms with E-state index in [-0.39, 0.29) is 17.0 Å². The Bertz CT molecular complexity index is 605. The van der Waals surface area contributed by atoms with E-state index >= 15 is 0 Å². The molecule has 28 heavy (non-hydrogen) atoms. The summed E-state index contributed by atoms with van der Waals surface area (Å²) >= 11 is 0. The lowest BCUT2D eigenvalue weighted by molar-refractivity contribution is 0.0864. The minimum Gasteiger partial charge on any atom is -0.345 e. The number of carbonyl (C=O) groups is 1.